The fourth-order valence-corrected chi connectivity index (χ4v) is 3.30. The van der Waals surface area contributed by atoms with Gasteiger partial charge in [0.25, 0.3) is 0 Å². The molecule has 0 heterocycles. The Morgan fingerprint density at radius 2 is 1.48 bits per heavy atom. The van der Waals surface area contributed by atoms with E-state index in [-0.39, 0.29) is 11.8 Å². The van der Waals surface area contributed by atoms with Gasteiger partial charge in [-0.25, -0.2) is 0 Å². The van der Waals surface area contributed by atoms with E-state index in [0.717, 1.165) is 12.8 Å². The summed E-state index contributed by atoms with van der Waals surface area (Å²) in [5.41, 5.74) is 5.30. The van der Waals surface area contributed by atoms with Crippen LogP contribution in [0.1, 0.15) is 12.8 Å². The van der Waals surface area contributed by atoms with Gasteiger partial charge in [-0.05, 0) is 24.7 Å². The summed E-state index contributed by atoms with van der Waals surface area (Å²) in [6.45, 7) is 5.41. The van der Waals surface area contributed by atoms with Crippen LogP contribution in [0.4, 0.5) is 0 Å². The van der Waals surface area contributed by atoms with E-state index in [1.165, 1.54) is 0 Å². The highest BCUT2D eigenvalue weighted by atomic mass is 16.6. The molecule has 2 aliphatic rings. The molecule has 7 nitrogen and oxygen atoms in total. The molecule has 0 saturated heterocycles. The molecular weight excluding hydrogens is 324 g/mol. The van der Waals surface area contributed by atoms with E-state index in [4.69, 9.17) is 24.7 Å². The van der Waals surface area contributed by atoms with E-state index in [9.17, 15) is 4.79 Å². The molecule has 3 atom stereocenters. The van der Waals surface area contributed by atoms with Gasteiger partial charge in [0.15, 0.2) is 0 Å². The lowest BCUT2D eigenvalue weighted by Crippen LogP contribution is -2.35. The van der Waals surface area contributed by atoms with Crippen LogP contribution in [0.25, 0.3) is 0 Å². The van der Waals surface area contributed by atoms with Crippen molar-refractivity contribution < 1.29 is 23.7 Å². The Hall–Kier alpha value is -0.990. The van der Waals surface area contributed by atoms with Gasteiger partial charge in [0.05, 0.1) is 52.9 Å². The normalized spacial score (nSPS) is 24.1. The Morgan fingerprint density at radius 1 is 0.880 bits per heavy atom. The van der Waals surface area contributed by atoms with Crippen LogP contribution in [0.5, 0.6) is 0 Å². The summed E-state index contributed by atoms with van der Waals surface area (Å²) in [5.74, 6) is 1.41. The number of nitrogens with one attached hydrogen (secondary N) is 1. The first-order valence-corrected chi connectivity index (χ1v) is 9.28. The molecule has 2 aliphatic carbocycles. The third-order valence-corrected chi connectivity index (χ3v) is 4.54. The van der Waals surface area contributed by atoms with Crippen LogP contribution < -0.4 is 11.1 Å². The molecule has 7 heteroatoms. The highest BCUT2D eigenvalue weighted by Crippen LogP contribution is 2.43. The Balaban J connectivity index is 1.30. The molecule has 0 spiro atoms. The first kappa shape index (κ1) is 20.3. The summed E-state index contributed by atoms with van der Waals surface area (Å²) in [7, 11) is 0. The molecule has 1 amide bonds. The molecule has 1 saturated carbocycles. The monoisotopic (exact) mass is 356 g/mol. The van der Waals surface area contributed by atoms with E-state index in [1.54, 1.807) is 0 Å². The molecule has 2 bridgehead atoms. The zero-order valence-corrected chi connectivity index (χ0v) is 15.0. The number of ether oxygens (including phenoxy) is 4. The maximum absolute atomic E-state index is 12.1. The zero-order valence-electron chi connectivity index (χ0n) is 15.0. The standard InChI is InChI=1S/C18H32N2O5/c19-3-5-22-7-9-24-11-12-25-10-8-23-6-4-20-18(21)17-14-15-1-2-16(17)13-15/h1-2,15-17H,3-14,19H2,(H,20,21). The first-order chi connectivity index (χ1) is 12.3. The predicted octanol–water partition coefficient (Wildman–Crippen LogP) is 0.340. The minimum absolute atomic E-state index is 0.166. The molecule has 0 radical (unpaired) electrons. The van der Waals surface area contributed by atoms with Crippen LogP contribution in [-0.4, -0.2) is 71.9 Å². The topological polar surface area (TPSA) is 92.0 Å². The second-order valence-electron chi connectivity index (χ2n) is 6.42. The first-order valence-electron chi connectivity index (χ1n) is 9.28. The van der Waals surface area contributed by atoms with Gasteiger partial charge in [-0.15, -0.1) is 0 Å². The summed E-state index contributed by atoms with van der Waals surface area (Å²) >= 11 is 0. The largest absolute Gasteiger partial charge is 0.378 e. The number of rotatable bonds is 15. The summed E-state index contributed by atoms with van der Waals surface area (Å²) in [6.07, 6.45) is 6.60. The number of nitrogens with two attached hydrogens (primary N) is 1. The highest BCUT2D eigenvalue weighted by Gasteiger charge is 2.39. The third-order valence-electron chi connectivity index (χ3n) is 4.54. The lowest BCUT2D eigenvalue weighted by Gasteiger charge is -2.17. The van der Waals surface area contributed by atoms with Crippen molar-refractivity contribution in [2.75, 3.05) is 65.9 Å². The maximum Gasteiger partial charge on any atom is 0.223 e. The quantitative estimate of drug-likeness (QED) is 0.325. The molecule has 3 unspecified atom stereocenters. The lowest BCUT2D eigenvalue weighted by atomic mass is 9.93. The molecular formula is C18H32N2O5. The predicted molar refractivity (Wildman–Crippen MR) is 94.2 cm³/mol. The molecule has 0 aromatic carbocycles. The SMILES string of the molecule is NCCOCCOCCOCCOCCNC(=O)C1CC2C=CC1C2. The van der Waals surface area contributed by atoms with Crippen molar-refractivity contribution in [2.24, 2.45) is 23.5 Å². The van der Waals surface area contributed by atoms with Crippen LogP contribution in [0.15, 0.2) is 12.2 Å². The number of hydrogen-bond donors (Lipinski definition) is 2. The van der Waals surface area contributed by atoms with Crippen LogP contribution in [0.3, 0.4) is 0 Å². The van der Waals surface area contributed by atoms with Crippen molar-refractivity contribution in [3.63, 3.8) is 0 Å². The van der Waals surface area contributed by atoms with Crippen molar-refractivity contribution in [1.82, 2.24) is 5.32 Å². The van der Waals surface area contributed by atoms with Gasteiger partial charge < -0.3 is 30.0 Å². The van der Waals surface area contributed by atoms with E-state index in [1.807, 2.05) is 0 Å². The molecule has 2 rings (SSSR count). The van der Waals surface area contributed by atoms with Gasteiger partial charge >= 0.3 is 0 Å². The van der Waals surface area contributed by atoms with Crippen LogP contribution in [-0.2, 0) is 23.7 Å². The lowest BCUT2D eigenvalue weighted by molar-refractivity contribution is -0.126. The number of carbonyl (C=O) groups is 1. The number of amides is 1. The fraction of sp³-hybridized carbons (Fsp3) is 0.833. The van der Waals surface area contributed by atoms with Crippen LogP contribution in [0, 0.1) is 17.8 Å². The van der Waals surface area contributed by atoms with E-state index < -0.39 is 0 Å². The molecule has 1 fully saturated rings. The van der Waals surface area contributed by atoms with Gasteiger partial charge in [0.1, 0.15) is 0 Å². The maximum atomic E-state index is 12.1. The molecule has 0 aromatic rings. The van der Waals surface area contributed by atoms with Crippen molar-refractivity contribution in [2.45, 2.75) is 12.8 Å². The van der Waals surface area contributed by atoms with E-state index in [2.05, 4.69) is 17.5 Å². The minimum Gasteiger partial charge on any atom is -0.378 e. The van der Waals surface area contributed by atoms with Crippen molar-refractivity contribution in [1.29, 1.82) is 0 Å². The second kappa shape index (κ2) is 12.4. The van der Waals surface area contributed by atoms with Gasteiger partial charge in [-0.1, -0.05) is 12.2 Å². The molecule has 144 valence electrons. The van der Waals surface area contributed by atoms with Crippen LogP contribution in [0.2, 0.25) is 0 Å². The number of hydrogen-bond acceptors (Lipinski definition) is 6. The van der Waals surface area contributed by atoms with Crippen molar-refractivity contribution in [3.05, 3.63) is 12.2 Å². The summed E-state index contributed by atoms with van der Waals surface area (Å²) < 4.78 is 21.4. The number of allylic oxidation sites excluding steroid dienone is 2. The van der Waals surface area contributed by atoms with E-state index >= 15 is 0 Å². The average Bonchev–Trinajstić information content (AvgIpc) is 3.25. The van der Waals surface area contributed by atoms with E-state index in [0.29, 0.717) is 77.8 Å². The zero-order chi connectivity index (χ0) is 17.7. The van der Waals surface area contributed by atoms with Gasteiger partial charge in [-0.2, -0.15) is 0 Å². The fourth-order valence-electron chi connectivity index (χ4n) is 3.30. The number of fused-ring (bicyclic) bond motifs is 2. The second-order valence-corrected chi connectivity index (χ2v) is 6.42. The Morgan fingerprint density at radius 3 is 2.00 bits per heavy atom. The molecule has 25 heavy (non-hydrogen) atoms. The third kappa shape index (κ3) is 7.83. The van der Waals surface area contributed by atoms with Crippen molar-refractivity contribution in [3.8, 4) is 0 Å². The Labute approximate surface area is 150 Å². The Bertz CT molecular complexity index is 405. The summed E-state index contributed by atoms with van der Waals surface area (Å²) in [5, 5.41) is 2.97. The van der Waals surface area contributed by atoms with Gasteiger partial charge in [0.2, 0.25) is 5.91 Å². The highest BCUT2D eigenvalue weighted by molar-refractivity contribution is 5.79. The number of carbonyl (C=O) groups excluding carboxylic acids is 1. The van der Waals surface area contributed by atoms with Gasteiger partial charge in [0, 0.05) is 19.0 Å². The molecule has 3 N–H and O–H groups in total. The summed E-state index contributed by atoms with van der Waals surface area (Å²) in [6, 6.07) is 0. The molecule has 0 aromatic heterocycles. The van der Waals surface area contributed by atoms with Gasteiger partial charge in [-0.3, -0.25) is 4.79 Å². The smallest absolute Gasteiger partial charge is 0.223 e. The molecule has 0 aliphatic heterocycles. The minimum atomic E-state index is 0.166. The Kier molecular flexibility index (Phi) is 10.1. The van der Waals surface area contributed by atoms with Crippen molar-refractivity contribution >= 4 is 5.91 Å². The average molecular weight is 356 g/mol. The van der Waals surface area contributed by atoms with Crippen LogP contribution >= 0.6 is 0 Å². The summed E-state index contributed by atoms with van der Waals surface area (Å²) in [4.78, 5) is 12.1.